The van der Waals surface area contributed by atoms with Gasteiger partial charge in [-0.15, -0.1) is 11.6 Å². The highest BCUT2D eigenvalue weighted by molar-refractivity contribution is 6.47. The molecular formula is C41H65Cl2N3O4. The SMILES string of the molecule is C=C(CC=C/C(=C\C)C(=O)NCCC)C(CCC(C)(C)C)N1C(=O)C(C2=CC(Cl)=CC(Cl)CC2)=NC12CCC(C(C)(C)C)CC2.CC.O=CO. The monoisotopic (exact) mass is 733 g/mol. The summed E-state index contributed by atoms with van der Waals surface area (Å²) < 4.78 is 0. The number of allylic oxidation sites excluding steroid dienone is 5. The van der Waals surface area contributed by atoms with Gasteiger partial charge in [-0.1, -0.05) is 104 Å². The van der Waals surface area contributed by atoms with Crippen LogP contribution >= 0.6 is 23.2 Å². The molecule has 2 amide bonds. The summed E-state index contributed by atoms with van der Waals surface area (Å²) in [6.07, 6.45) is 17.7. The van der Waals surface area contributed by atoms with Gasteiger partial charge in [-0.2, -0.15) is 0 Å². The van der Waals surface area contributed by atoms with E-state index < -0.39 is 5.66 Å². The van der Waals surface area contributed by atoms with Gasteiger partial charge in [-0.25, -0.2) is 0 Å². The second-order valence-electron chi connectivity index (χ2n) is 15.5. The fourth-order valence-electron chi connectivity index (χ4n) is 6.78. The molecule has 50 heavy (non-hydrogen) atoms. The van der Waals surface area contributed by atoms with Crippen molar-refractivity contribution in [3.63, 3.8) is 0 Å². The van der Waals surface area contributed by atoms with Crippen molar-refractivity contribution in [1.29, 1.82) is 0 Å². The van der Waals surface area contributed by atoms with Gasteiger partial charge in [0.2, 0.25) is 0 Å². The van der Waals surface area contributed by atoms with Crippen molar-refractivity contribution in [2.24, 2.45) is 21.7 Å². The Kier molecular flexibility index (Phi) is 19.1. The van der Waals surface area contributed by atoms with E-state index in [0.717, 1.165) is 56.1 Å². The number of alkyl halides is 1. The van der Waals surface area contributed by atoms with Crippen LogP contribution in [-0.4, -0.2) is 57.6 Å². The maximum atomic E-state index is 14.7. The molecule has 3 aliphatic rings. The molecule has 2 atom stereocenters. The molecule has 1 spiro atoms. The van der Waals surface area contributed by atoms with E-state index >= 15 is 0 Å². The Bertz CT molecular complexity index is 1310. The minimum absolute atomic E-state index is 0.0231. The number of carboxylic acid groups (broad SMARTS) is 1. The molecular weight excluding hydrogens is 669 g/mol. The smallest absolute Gasteiger partial charge is 0.290 e. The summed E-state index contributed by atoms with van der Waals surface area (Å²) in [6, 6.07) is -0.185. The fourth-order valence-corrected chi connectivity index (χ4v) is 7.37. The van der Waals surface area contributed by atoms with Crippen molar-refractivity contribution in [2.75, 3.05) is 6.54 Å². The first kappa shape index (κ1) is 45.4. The van der Waals surface area contributed by atoms with Crippen molar-refractivity contribution < 1.29 is 19.5 Å². The minimum Gasteiger partial charge on any atom is -0.483 e. The quantitative estimate of drug-likeness (QED) is 0.0726. The minimum atomic E-state index is -0.610. The van der Waals surface area contributed by atoms with Crippen LogP contribution in [0.25, 0.3) is 0 Å². The Balaban J connectivity index is 0.00000237. The van der Waals surface area contributed by atoms with Crippen LogP contribution in [0, 0.1) is 16.7 Å². The van der Waals surface area contributed by atoms with Gasteiger partial charge in [0.25, 0.3) is 18.3 Å². The largest absolute Gasteiger partial charge is 0.483 e. The Hall–Kier alpha value is -2.64. The lowest BCUT2D eigenvalue weighted by molar-refractivity contribution is -0.132. The third-order valence-corrected chi connectivity index (χ3v) is 10.2. The summed E-state index contributed by atoms with van der Waals surface area (Å²) in [5.41, 5.74) is 2.69. The van der Waals surface area contributed by atoms with Crippen molar-refractivity contribution in [3.05, 3.63) is 58.7 Å². The molecule has 0 aromatic rings. The zero-order chi connectivity index (χ0) is 38.3. The predicted molar refractivity (Wildman–Crippen MR) is 212 cm³/mol. The zero-order valence-electron chi connectivity index (χ0n) is 32.5. The summed E-state index contributed by atoms with van der Waals surface area (Å²) in [6.45, 7) is 26.6. The van der Waals surface area contributed by atoms with Gasteiger partial charge in [-0.3, -0.25) is 19.4 Å². The van der Waals surface area contributed by atoms with Gasteiger partial charge >= 0.3 is 0 Å². The average Bonchev–Trinajstić information content (AvgIpc) is 3.18. The number of carbonyl (C=O) groups is 3. The molecule has 7 nitrogen and oxygen atoms in total. The molecule has 2 aliphatic carbocycles. The summed E-state index contributed by atoms with van der Waals surface area (Å²) in [7, 11) is 0. The standard InChI is InChI=1S/C38H57Cl2N3O2.C2H6.CH2O2/c1-10-23-41-34(44)27(11-2)14-12-13-26(3)32(19-20-36(4,5)6)43-35(45)33(28-15-16-30(39)25-31(40)24-28)42-38(43)21-17-29(18-22-38)37(7,8)9;1-2;2-1-3/h11-12,14,24-25,29-30,32H,3,10,13,15-23H2,1-2,4-9H3,(H,41,44);1-2H3;1H,(H,2,3)/b14-12?,27-11+;;. The van der Waals surface area contributed by atoms with Crippen molar-refractivity contribution in [2.45, 2.75) is 151 Å². The highest BCUT2D eigenvalue weighted by Gasteiger charge is 2.53. The summed E-state index contributed by atoms with van der Waals surface area (Å²) >= 11 is 13.0. The van der Waals surface area contributed by atoms with Crippen molar-refractivity contribution >= 4 is 47.2 Å². The Labute approximate surface area is 313 Å². The molecule has 0 radical (unpaired) electrons. The van der Waals surface area contributed by atoms with E-state index in [0.29, 0.717) is 48.0 Å². The van der Waals surface area contributed by atoms with Crippen LogP contribution in [0.2, 0.25) is 0 Å². The van der Waals surface area contributed by atoms with E-state index in [4.69, 9.17) is 38.1 Å². The van der Waals surface area contributed by atoms with E-state index in [-0.39, 0.29) is 40.5 Å². The van der Waals surface area contributed by atoms with E-state index in [1.165, 1.54) is 0 Å². The Morgan fingerprint density at radius 1 is 1.18 bits per heavy atom. The molecule has 282 valence electrons. The lowest BCUT2D eigenvalue weighted by Crippen LogP contribution is -2.55. The molecule has 1 saturated carbocycles. The number of hydrogen-bond donors (Lipinski definition) is 2. The van der Waals surface area contributed by atoms with Crippen LogP contribution in [-0.2, 0) is 14.4 Å². The number of carbonyl (C=O) groups excluding carboxylic acids is 2. The number of halogens is 2. The molecule has 0 bridgehead atoms. The number of rotatable bonds is 11. The summed E-state index contributed by atoms with van der Waals surface area (Å²) in [5, 5.41) is 10.2. The molecule has 1 aliphatic heterocycles. The van der Waals surface area contributed by atoms with Gasteiger partial charge in [0, 0.05) is 17.2 Å². The molecule has 9 heteroatoms. The third-order valence-electron chi connectivity index (χ3n) is 9.58. The topological polar surface area (TPSA) is 99.1 Å². The zero-order valence-corrected chi connectivity index (χ0v) is 34.0. The fraction of sp³-hybridized carbons (Fsp3) is 0.659. The molecule has 0 aromatic carbocycles. The van der Waals surface area contributed by atoms with Gasteiger partial charge in [0.15, 0.2) is 0 Å². The van der Waals surface area contributed by atoms with Crippen LogP contribution in [0.15, 0.2) is 63.7 Å². The maximum Gasteiger partial charge on any atom is 0.290 e. The molecule has 2 N–H and O–H groups in total. The van der Waals surface area contributed by atoms with Crippen LogP contribution in [0.3, 0.4) is 0 Å². The lowest BCUT2D eigenvalue weighted by Gasteiger charge is -2.48. The van der Waals surface area contributed by atoms with Crippen LogP contribution < -0.4 is 5.32 Å². The summed E-state index contributed by atoms with van der Waals surface area (Å²) in [4.78, 5) is 43.1. The van der Waals surface area contributed by atoms with E-state index in [1.807, 2.05) is 58.1 Å². The average molecular weight is 735 g/mol. The molecule has 0 saturated heterocycles. The van der Waals surface area contributed by atoms with Crippen LogP contribution in [0.5, 0.6) is 0 Å². The highest BCUT2D eigenvalue weighted by atomic mass is 35.5. The van der Waals surface area contributed by atoms with Crippen LogP contribution in [0.4, 0.5) is 0 Å². The first-order chi connectivity index (χ1) is 23.4. The predicted octanol–water partition coefficient (Wildman–Crippen LogP) is 10.5. The summed E-state index contributed by atoms with van der Waals surface area (Å²) in [5.74, 6) is 0.476. The lowest BCUT2D eigenvalue weighted by atomic mass is 9.69. The number of hydrogen-bond acceptors (Lipinski definition) is 4. The number of nitrogens with zero attached hydrogens (tertiary/aromatic N) is 2. The van der Waals surface area contributed by atoms with Crippen molar-refractivity contribution in [1.82, 2.24) is 10.2 Å². The van der Waals surface area contributed by atoms with Crippen LogP contribution in [0.1, 0.15) is 133 Å². The van der Waals surface area contributed by atoms with Gasteiger partial charge in [0.05, 0.1) is 11.4 Å². The van der Waals surface area contributed by atoms with E-state index in [1.54, 1.807) is 0 Å². The molecule has 2 unspecified atom stereocenters. The number of amides is 2. The number of nitrogens with one attached hydrogen (secondary N) is 1. The van der Waals surface area contributed by atoms with Gasteiger partial charge in [0.1, 0.15) is 11.4 Å². The van der Waals surface area contributed by atoms with Gasteiger partial charge in [-0.05, 0) is 106 Å². The molecule has 1 heterocycles. The second-order valence-corrected chi connectivity index (χ2v) is 16.5. The Morgan fingerprint density at radius 3 is 2.30 bits per heavy atom. The Morgan fingerprint density at radius 2 is 1.78 bits per heavy atom. The number of aliphatic imine (C=N–C) groups is 1. The highest BCUT2D eigenvalue weighted by Crippen LogP contribution is 2.49. The van der Waals surface area contributed by atoms with Crippen molar-refractivity contribution in [3.8, 4) is 0 Å². The third kappa shape index (κ3) is 13.5. The normalized spacial score (nSPS) is 23.4. The molecule has 3 rings (SSSR count). The first-order valence-electron chi connectivity index (χ1n) is 18.4. The molecule has 0 aromatic heterocycles. The molecule has 1 fully saturated rings. The van der Waals surface area contributed by atoms with E-state index in [9.17, 15) is 9.59 Å². The van der Waals surface area contributed by atoms with E-state index in [2.05, 4.69) is 58.3 Å². The second kappa shape index (κ2) is 21.0. The first-order valence-corrected chi connectivity index (χ1v) is 19.3. The van der Waals surface area contributed by atoms with Gasteiger partial charge < -0.3 is 15.3 Å². The maximum absolute atomic E-state index is 14.7.